The number of anilines is 1. The van der Waals surface area contributed by atoms with Gasteiger partial charge in [0.25, 0.3) is 5.91 Å². The van der Waals surface area contributed by atoms with Gasteiger partial charge in [-0.3, -0.25) is 4.79 Å². The summed E-state index contributed by atoms with van der Waals surface area (Å²) in [7, 11) is 0. The number of phenols is 1. The molecule has 3 aromatic rings. The van der Waals surface area contributed by atoms with Gasteiger partial charge in [0.2, 0.25) is 0 Å². The minimum atomic E-state index is -0.336. The van der Waals surface area contributed by atoms with Crippen molar-refractivity contribution in [3.8, 4) is 11.4 Å². The predicted octanol–water partition coefficient (Wildman–Crippen LogP) is 3.25. The van der Waals surface area contributed by atoms with Crippen molar-refractivity contribution in [1.29, 1.82) is 0 Å². The molecule has 29 heavy (non-hydrogen) atoms. The normalized spacial score (nSPS) is 13.9. The number of carbonyl (C=O) groups is 1. The number of amides is 1. The van der Waals surface area contributed by atoms with Gasteiger partial charge in [-0.05, 0) is 56.2 Å². The molecule has 1 aromatic heterocycles. The fraction of sp³-hybridized carbons (Fsp3) is 0.227. The topological polar surface area (TPSA) is 82.8 Å². The van der Waals surface area contributed by atoms with Crippen molar-refractivity contribution in [3.05, 3.63) is 71.4 Å². The summed E-state index contributed by atoms with van der Waals surface area (Å²) >= 11 is 0. The van der Waals surface area contributed by atoms with Crippen LogP contribution >= 0.6 is 0 Å². The molecule has 7 nitrogen and oxygen atoms in total. The monoisotopic (exact) mass is 389 g/mol. The Morgan fingerprint density at radius 3 is 2.48 bits per heavy atom. The maximum absolute atomic E-state index is 12.3. The summed E-state index contributed by atoms with van der Waals surface area (Å²) in [6, 6.07) is 16.1. The molecule has 0 bridgehead atoms. The smallest absolute Gasteiger partial charge is 0.271 e. The van der Waals surface area contributed by atoms with E-state index in [2.05, 4.69) is 15.4 Å². The summed E-state index contributed by atoms with van der Waals surface area (Å²) in [6.45, 7) is 3.89. The van der Waals surface area contributed by atoms with Crippen LogP contribution in [0.1, 0.15) is 34.5 Å². The molecule has 148 valence electrons. The van der Waals surface area contributed by atoms with Gasteiger partial charge in [-0.1, -0.05) is 18.2 Å². The maximum atomic E-state index is 12.3. The third-order valence-electron chi connectivity index (χ3n) is 4.98. The highest BCUT2D eigenvalue weighted by molar-refractivity contribution is 5.95. The number of para-hydroxylation sites is 1. The van der Waals surface area contributed by atoms with Crippen molar-refractivity contribution >= 4 is 17.9 Å². The number of phenolic OH excluding ortho intramolecular Hbond substituents is 1. The molecule has 7 heteroatoms. The lowest BCUT2D eigenvalue weighted by Gasteiger charge is -2.20. The number of rotatable bonds is 5. The molecule has 1 saturated heterocycles. The number of hydrogen-bond acceptors (Lipinski definition) is 5. The third kappa shape index (κ3) is 3.99. The Labute approximate surface area is 169 Å². The molecule has 0 spiro atoms. The van der Waals surface area contributed by atoms with Crippen molar-refractivity contribution < 1.29 is 9.90 Å². The number of hydrogen-bond donors (Lipinski definition) is 2. The van der Waals surface area contributed by atoms with Crippen LogP contribution < -0.4 is 10.3 Å². The van der Waals surface area contributed by atoms with Crippen molar-refractivity contribution in [2.75, 3.05) is 18.0 Å². The van der Waals surface area contributed by atoms with E-state index in [1.54, 1.807) is 18.3 Å². The number of benzene rings is 2. The molecule has 1 amide bonds. The molecular formula is C22H23N5O2. The molecule has 2 N–H and O–H groups in total. The van der Waals surface area contributed by atoms with Crippen LogP contribution in [0.3, 0.4) is 0 Å². The summed E-state index contributed by atoms with van der Waals surface area (Å²) < 4.78 is 1.95. The molecule has 0 aliphatic carbocycles. The average Bonchev–Trinajstić information content (AvgIpc) is 3.37. The van der Waals surface area contributed by atoms with Crippen LogP contribution in [-0.2, 0) is 0 Å². The quantitative estimate of drug-likeness (QED) is 0.518. The Kier molecular flexibility index (Phi) is 5.29. The van der Waals surface area contributed by atoms with Crippen LogP contribution in [0.15, 0.2) is 59.7 Å². The molecule has 1 fully saturated rings. The first kappa shape index (κ1) is 18.7. The van der Waals surface area contributed by atoms with E-state index in [1.165, 1.54) is 12.1 Å². The van der Waals surface area contributed by atoms with E-state index < -0.39 is 0 Å². The minimum Gasteiger partial charge on any atom is -0.508 e. The van der Waals surface area contributed by atoms with E-state index in [-0.39, 0.29) is 11.7 Å². The number of nitrogens with one attached hydrogen (secondary N) is 1. The van der Waals surface area contributed by atoms with E-state index in [1.807, 2.05) is 41.9 Å². The van der Waals surface area contributed by atoms with Crippen LogP contribution in [0.5, 0.6) is 5.75 Å². The molecule has 2 aromatic carbocycles. The van der Waals surface area contributed by atoms with Crippen molar-refractivity contribution in [2.24, 2.45) is 5.10 Å². The standard InChI is InChI=1S/C22H23N5O2/c1-16-20(15-23-24-21(29)17-9-11-19(28)12-10-17)22(26-13-5-6-14-26)27(25-16)18-7-3-2-4-8-18/h2-4,7-12,15,28H,5-6,13-14H2,1H3,(H,24,29)/b23-15+. The summed E-state index contributed by atoms with van der Waals surface area (Å²) in [5.41, 5.74) is 5.71. The zero-order valence-electron chi connectivity index (χ0n) is 16.2. The van der Waals surface area contributed by atoms with Gasteiger partial charge in [0.15, 0.2) is 0 Å². The van der Waals surface area contributed by atoms with Gasteiger partial charge >= 0.3 is 0 Å². The summed E-state index contributed by atoms with van der Waals surface area (Å²) in [5, 5.41) is 18.3. The van der Waals surface area contributed by atoms with Crippen LogP contribution in [0.4, 0.5) is 5.82 Å². The second-order valence-corrected chi connectivity index (χ2v) is 7.01. The molecule has 0 saturated carbocycles. The van der Waals surface area contributed by atoms with Gasteiger partial charge in [-0.15, -0.1) is 0 Å². The Morgan fingerprint density at radius 2 is 1.79 bits per heavy atom. The fourth-order valence-electron chi connectivity index (χ4n) is 3.49. The lowest BCUT2D eigenvalue weighted by Crippen LogP contribution is -2.23. The first-order chi connectivity index (χ1) is 14.1. The van der Waals surface area contributed by atoms with E-state index in [4.69, 9.17) is 5.10 Å². The lowest BCUT2D eigenvalue weighted by atomic mass is 10.2. The highest BCUT2D eigenvalue weighted by atomic mass is 16.3. The van der Waals surface area contributed by atoms with E-state index >= 15 is 0 Å². The van der Waals surface area contributed by atoms with Crippen LogP contribution in [0, 0.1) is 6.92 Å². The molecule has 2 heterocycles. The van der Waals surface area contributed by atoms with Gasteiger partial charge in [-0.2, -0.15) is 10.2 Å². The summed E-state index contributed by atoms with van der Waals surface area (Å²) in [5.74, 6) is 0.773. The van der Waals surface area contributed by atoms with Crippen LogP contribution in [0.2, 0.25) is 0 Å². The molecular weight excluding hydrogens is 366 g/mol. The predicted molar refractivity (Wildman–Crippen MR) is 113 cm³/mol. The van der Waals surface area contributed by atoms with Crippen molar-refractivity contribution in [2.45, 2.75) is 19.8 Å². The Morgan fingerprint density at radius 1 is 1.10 bits per heavy atom. The zero-order valence-corrected chi connectivity index (χ0v) is 16.2. The van der Waals surface area contributed by atoms with Gasteiger partial charge < -0.3 is 10.0 Å². The van der Waals surface area contributed by atoms with Gasteiger partial charge in [0, 0.05) is 18.7 Å². The van der Waals surface area contributed by atoms with E-state index in [9.17, 15) is 9.90 Å². The molecule has 0 radical (unpaired) electrons. The van der Waals surface area contributed by atoms with E-state index in [0.717, 1.165) is 48.7 Å². The molecule has 1 aliphatic heterocycles. The Bertz CT molecular complexity index is 1020. The van der Waals surface area contributed by atoms with E-state index in [0.29, 0.717) is 5.56 Å². The number of hydrazone groups is 1. The second-order valence-electron chi connectivity index (χ2n) is 7.01. The number of aromatic nitrogens is 2. The second kappa shape index (κ2) is 8.18. The maximum Gasteiger partial charge on any atom is 0.271 e. The number of aryl methyl sites for hydroxylation is 1. The van der Waals surface area contributed by atoms with Crippen LogP contribution in [-0.4, -0.2) is 40.1 Å². The van der Waals surface area contributed by atoms with Crippen molar-refractivity contribution in [1.82, 2.24) is 15.2 Å². The molecule has 0 unspecified atom stereocenters. The first-order valence-corrected chi connectivity index (χ1v) is 9.66. The summed E-state index contributed by atoms with van der Waals surface area (Å²) in [6.07, 6.45) is 3.95. The molecule has 4 rings (SSSR count). The Hall–Kier alpha value is -3.61. The summed E-state index contributed by atoms with van der Waals surface area (Å²) in [4.78, 5) is 14.6. The number of aromatic hydroxyl groups is 1. The van der Waals surface area contributed by atoms with Gasteiger partial charge in [0.05, 0.1) is 23.2 Å². The molecule has 1 aliphatic rings. The zero-order chi connectivity index (χ0) is 20.2. The van der Waals surface area contributed by atoms with Crippen molar-refractivity contribution in [3.63, 3.8) is 0 Å². The molecule has 0 atom stereocenters. The SMILES string of the molecule is Cc1nn(-c2ccccc2)c(N2CCCC2)c1/C=N/NC(=O)c1ccc(O)cc1. The lowest BCUT2D eigenvalue weighted by molar-refractivity contribution is 0.0955. The van der Waals surface area contributed by atoms with Crippen LogP contribution in [0.25, 0.3) is 5.69 Å². The number of nitrogens with zero attached hydrogens (tertiary/aromatic N) is 4. The third-order valence-corrected chi connectivity index (χ3v) is 4.98. The first-order valence-electron chi connectivity index (χ1n) is 9.66. The average molecular weight is 389 g/mol. The fourth-order valence-corrected chi connectivity index (χ4v) is 3.49. The number of carbonyl (C=O) groups excluding carboxylic acids is 1. The minimum absolute atomic E-state index is 0.115. The largest absolute Gasteiger partial charge is 0.508 e. The Balaban J connectivity index is 1.62. The van der Waals surface area contributed by atoms with Gasteiger partial charge in [-0.25, -0.2) is 10.1 Å². The highest BCUT2D eigenvalue weighted by Crippen LogP contribution is 2.28. The van der Waals surface area contributed by atoms with Gasteiger partial charge in [0.1, 0.15) is 11.6 Å². The highest BCUT2D eigenvalue weighted by Gasteiger charge is 2.23.